The number of rotatable bonds is 8. The summed E-state index contributed by atoms with van der Waals surface area (Å²) in [7, 11) is 4.94. The van der Waals surface area contributed by atoms with Crippen LogP contribution in [0.4, 0.5) is 20.2 Å². The summed E-state index contributed by atoms with van der Waals surface area (Å²) in [5.74, 6) is -0.952. The molecule has 7 nitrogen and oxygen atoms in total. The van der Waals surface area contributed by atoms with Gasteiger partial charge in [0.15, 0.2) is 17.3 Å². The Bertz CT molecular complexity index is 896. The van der Waals surface area contributed by atoms with Crippen molar-refractivity contribution in [1.82, 2.24) is 0 Å². The van der Waals surface area contributed by atoms with E-state index >= 15 is 0 Å². The number of hydrogen-bond donors (Lipinski definition) is 0. The average molecular weight is 392 g/mol. The molecule has 0 N–H and O–H groups in total. The molecular formula is C19H18F2N2O5. The maximum atomic E-state index is 12.5. The van der Waals surface area contributed by atoms with Gasteiger partial charge in [0.25, 0.3) is 5.69 Å². The van der Waals surface area contributed by atoms with Crippen molar-refractivity contribution in [2.75, 3.05) is 26.1 Å². The van der Waals surface area contributed by atoms with Crippen molar-refractivity contribution in [3.8, 4) is 11.5 Å². The normalized spacial score (nSPS) is 10.9. The van der Waals surface area contributed by atoms with Crippen LogP contribution < -0.4 is 14.4 Å². The van der Waals surface area contributed by atoms with Crippen LogP contribution in [0.1, 0.15) is 15.9 Å². The van der Waals surface area contributed by atoms with E-state index in [1.807, 2.05) is 19.0 Å². The first-order chi connectivity index (χ1) is 13.2. The molecule has 2 aromatic rings. The third-order valence-corrected chi connectivity index (χ3v) is 3.81. The summed E-state index contributed by atoms with van der Waals surface area (Å²) in [6.45, 7) is -3.17. The number of anilines is 1. The molecule has 9 heteroatoms. The van der Waals surface area contributed by atoms with Crippen LogP contribution in [0.3, 0.4) is 0 Å². The van der Waals surface area contributed by atoms with Gasteiger partial charge in [-0.1, -0.05) is 0 Å². The largest absolute Gasteiger partial charge is 0.493 e. The van der Waals surface area contributed by atoms with Gasteiger partial charge < -0.3 is 14.4 Å². The zero-order valence-corrected chi connectivity index (χ0v) is 15.4. The van der Waals surface area contributed by atoms with Crippen LogP contribution in [0, 0.1) is 10.1 Å². The highest BCUT2D eigenvalue weighted by Gasteiger charge is 2.20. The lowest BCUT2D eigenvalue weighted by atomic mass is 10.1. The smallest absolute Gasteiger partial charge is 0.387 e. The Morgan fingerprint density at radius 3 is 2.32 bits per heavy atom. The van der Waals surface area contributed by atoms with Crippen LogP contribution in [-0.4, -0.2) is 38.5 Å². The summed E-state index contributed by atoms with van der Waals surface area (Å²) in [4.78, 5) is 24.7. The van der Waals surface area contributed by atoms with E-state index in [-0.39, 0.29) is 17.1 Å². The van der Waals surface area contributed by atoms with Crippen molar-refractivity contribution in [3.63, 3.8) is 0 Å². The highest BCUT2D eigenvalue weighted by molar-refractivity contribution is 6.07. The number of carbonyl (C=O) groups excluding carboxylic acids is 1. The van der Waals surface area contributed by atoms with Gasteiger partial charge in [0.2, 0.25) is 0 Å². The Kier molecular flexibility index (Phi) is 6.64. The molecule has 148 valence electrons. The van der Waals surface area contributed by atoms with Crippen LogP contribution >= 0.6 is 0 Å². The SMILES string of the molecule is COc1cc(/C=C/C(=O)c2ccc(N(C)C)cc2)c([N+](=O)[O-])cc1OC(F)F. The van der Waals surface area contributed by atoms with Crippen molar-refractivity contribution in [2.45, 2.75) is 6.61 Å². The number of alkyl halides is 2. The van der Waals surface area contributed by atoms with Gasteiger partial charge >= 0.3 is 6.61 Å². The molecule has 0 atom stereocenters. The molecule has 0 unspecified atom stereocenters. The molecule has 28 heavy (non-hydrogen) atoms. The van der Waals surface area contributed by atoms with Gasteiger partial charge in [-0.25, -0.2) is 0 Å². The van der Waals surface area contributed by atoms with Crippen LogP contribution in [0.25, 0.3) is 6.08 Å². The average Bonchev–Trinajstić information content (AvgIpc) is 2.65. The maximum absolute atomic E-state index is 12.5. The van der Waals surface area contributed by atoms with Crippen LogP contribution in [-0.2, 0) is 0 Å². The summed E-state index contributed by atoms with van der Waals surface area (Å²) in [6, 6.07) is 8.80. The second kappa shape index (κ2) is 8.94. The quantitative estimate of drug-likeness (QED) is 0.290. The Hall–Kier alpha value is -3.49. The molecule has 0 saturated carbocycles. The third-order valence-electron chi connectivity index (χ3n) is 3.81. The minimum atomic E-state index is -3.17. The predicted octanol–water partition coefficient (Wildman–Crippen LogP) is 4.17. The number of nitro groups is 1. The number of halogens is 2. The van der Waals surface area contributed by atoms with E-state index in [1.54, 1.807) is 24.3 Å². The highest BCUT2D eigenvalue weighted by Crippen LogP contribution is 2.36. The molecule has 2 aromatic carbocycles. The van der Waals surface area contributed by atoms with E-state index in [0.29, 0.717) is 5.56 Å². The second-order valence-electron chi connectivity index (χ2n) is 5.84. The van der Waals surface area contributed by atoms with Gasteiger partial charge in [-0.3, -0.25) is 14.9 Å². The van der Waals surface area contributed by atoms with E-state index in [1.165, 1.54) is 19.3 Å². The van der Waals surface area contributed by atoms with Crippen molar-refractivity contribution >= 4 is 23.2 Å². The lowest BCUT2D eigenvalue weighted by Gasteiger charge is -2.12. The highest BCUT2D eigenvalue weighted by atomic mass is 19.3. The molecule has 0 aliphatic carbocycles. The molecule has 0 aromatic heterocycles. The number of ketones is 1. The molecule has 0 saturated heterocycles. The molecule has 0 aliphatic rings. The van der Waals surface area contributed by atoms with Gasteiger partial charge in [-0.05, 0) is 42.5 Å². The molecule has 0 bridgehead atoms. The first kappa shape index (κ1) is 20.8. The molecule has 0 spiro atoms. The van der Waals surface area contributed by atoms with E-state index in [9.17, 15) is 23.7 Å². The van der Waals surface area contributed by atoms with Gasteiger partial charge in [0.1, 0.15) is 0 Å². The number of carbonyl (C=O) groups is 1. The molecule has 0 fully saturated rings. The van der Waals surface area contributed by atoms with E-state index in [2.05, 4.69) is 4.74 Å². The zero-order chi connectivity index (χ0) is 20.8. The number of ether oxygens (including phenoxy) is 2. The van der Waals surface area contributed by atoms with E-state index < -0.39 is 23.0 Å². The van der Waals surface area contributed by atoms with E-state index in [0.717, 1.165) is 17.8 Å². The number of hydrogen-bond acceptors (Lipinski definition) is 6. The summed E-state index contributed by atoms with van der Waals surface area (Å²) in [5.41, 5.74) is 0.829. The standard InChI is InChI=1S/C19H18F2N2O5/c1-22(2)14-7-4-12(5-8-14)16(24)9-6-13-10-17(27-3)18(28-19(20)21)11-15(13)23(25)26/h4-11,19H,1-3H3/b9-6+. The van der Waals surface area contributed by atoms with Crippen molar-refractivity contribution in [2.24, 2.45) is 0 Å². The molecular weight excluding hydrogens is 374 g/mol. The molecule has 0 heterocycles. The topological polar surface area (TPSA) is 81.9 Å². The van der Waals surface area contributed by atoms with Crippen LogP contribution in [0.15, 0.2) is 42.5 Å². The lowest BCUT2D eigenvalue weighted by molar-refractivity contribution is -0.385. The first-order valence-corrected chi connectivity index (χ1v) is 8.04. The summed E-state index contributed by atoms with van der Waals surface area (Å²) in [6.07, 6.45) is 2.40. The number of benzene rings is 2. The van der Waals surface area contributed by atoms with Gasteiger partial charge in [0.05, 0.1) is 23.7 Å². The fourth-order valence-electron chi connectivity index (χ4n) is 2.39. The second-order valence-corrected chi connectivity index (χ2v) is 5.84. The molecule has 0 radical (unpaired) electrons. The van der Waals surface area contributed by atoms with Gasteiger partial charge in [-0.2, -0.15) is 8.78 Å². The van der Waals surface area contributed by atoms with E-state index in [4.69, 9.17) is 4.74 Å². The van der Waals surface area contributed by atoms with Crippen LogP contribution in [0.2, 0.25) is 0 Å². The number of allylic oxidation sites excluding steroid dienone is 1. The van der Waals surface area contributed by atoms with Crippen molar-refractivity contribution in [1.29, 1.82) is 0 Å². The first-order valence-electron chi connectivity index (χ1n) is 8.04. The number of methoxy groups -OCH3 is 1. The Labute approximate surface area is 159 Å². The Balaban J connectivity index is 2.35. The minimum Gasteiger partial charge on any atom is -0.493 e. The third kappa shape index (κ3) is 5.03. The van der Waals surface area contributed by atoms with Crippen LogP contribution in [0.5, 0.6) is 11.5 Å². The minimum absolute atomic E-state index is 0.0155. The molecule has 0 amide bonds. The fraction of sp³-hybridized carbons (Fsp3) is 0.211. The summed E-state index contributed by atoms with van der Waals surface area (Å²) >= 11 is 0. The van der Waals surface area contributed by atoms with Gasteiger partial charge in [0, 0.05) is 25.3 Å². The maximum Gasteiger partial charge on any atom is 0.387 e. The molecule has 2 rings (SSSR count). The fourth-order valence-corrected chi connectivity index (χ4v) is 2.39. The lowest BCUT2D eigenvalue weighted by Crippen LogP contribution is -2.08. The van der Waals surface area contributed by atoms with Crippen molar-refractivity contribution < 1.29 is 28.0 Å². The monoisotopic (exact) mass is 392 g/mol. The Morgan fingerprint density at radius 2 is 1.82 bits per heavy atom. The Morgan fingerprint density at radius 1 is 1.18 bits per heavy atom. The van der Waals surface area contributed by atoms with Gasteiger partial charge in [-0.15, -0.1) is 0 Å². The summed E-state index contributed by atoms with van der Waals surface area (Å²) < 4.78 is 34.2. The molecule has 0 aliphatic heterocycles. The van der Waals surface area contributed by atoms with Crippen molar-refractivity contribution in [3.05, 3.63) is 63.7 Å². The predicted molar refractivity (Wildman–Crippen MR) is 100 cm³/mol. The number of nitro benzene ring substituents is 1. The zero-order valence-electron chi connectivity index (χ0n) is 15.4. The number of nitrogens with zero attached hydrogens (tertiary/aromatic N) is 2. The summed E-state index contributed by atoms with van der Waals surface area (Å²) in [5, 5.41) is 11.3.